The molecule has 0 unspecified atom stereocenters. The van der Waals surface area contributed by atoms with Gasteiger partial charge in [-0.1, -0.05) is 22.0 Å². The summed E-state index contributed by atoms with van der Waals surface area (Å²) in [6, 6.07) is 4.22. The van der Waals surface area contributed by atoms with E-state index in [9.17, 15) is 4.39 Å². The molecule has 0 saturated carbocycles. The normalized spacial score (nSPS) is 11.6. The molecule has 1 nitrogen and oxygen atoms in total. The van der Waals surface area contributed by atoms with E-state index in [2.05, 4.69) is 22.5 Å². The first-order valence-electron chi connectivity index (χ1n) is 3.48. The molecule has 0 aromatic heterocycles. The predicted octanol–water partition coefficient (Wildman–Crippen LogP) is 3.20. The number of hydrogen-bond donors (Lipinski definition) is 1. The van der Waals surface area contributed by atoms with Gasteiger partial charge in [0.15, 0.2) is 0 Å². The van der Waals surface area contributed by atoms with E-state index in [-0.39, 0.29) is 18.2 Å². The lowest BCUT2D eigenvalue weighted by molar-refractivity contribution is 0.602. The Kier molecular flexibility index (Phi) is 5.21. The van der Waals surface area contributed by atoms with Gasteiger partial charge in [0, 0.05) is 10.0 Å². The zero-order valence-electron chi connectivity index (χ0n) is 6.84. The fourth-order valence-corrected chi connectivity index (χ4v) is 1.28. The third kappa shape index (κ3) is 3.10. The summed E-state index contributed by atoms with van der Waals surface area (Å²) >= 11 is 3.24. The maximum Gasteiger partial charge on any atom is 0.128 e. The molecule has 1 atom stereocenters. The monoisotopic (exact) mass is 265 g/mol. The van der Waals surface area contributed by atoms with Crippen molar-refractivity contribution in [3.8, 4) is 0 Å². The van der Waals surface area contributed by atoms with Gasteiger partial charge in [0.1, 0.15) is 5.82 Å². The van der Waals surface area contributed by atoms with E-state index < -0.39 is 6.04 Å². The van der Waals surface area contributed by atoms with Crippen molar-refractivity contribution in [1.82, 2.24) is 0 Å². The summed E-state index contributed by atoms with van der Waals surface area (Å²) in [5, 5.41) is 0. The van der Waals surface area contributed by atoms with Crippen molar-refractivity contribution >= 4 is 28.3 Å². The van der Waals surface area contributed by atoms with Crippen LogP contribution in [0.2, 0.25) is 0 Å². The number of halogens is 3. The minimum absolute atomic E-state index is 0. The Hall–Kier alpha value is -0.380. The van der Waals surface area contributed by atoms with Gasteiger partial charge in [0.25, 0.3) is 0 Å². The molecule has 2 N–H and O–H groups in total. The van der Waals surface area contributed by atoms with E-state index in [1.165, 1.54) is 12.1 Å². The van der Waals surface area contributed by atoms with E-state index in [1.54, 1.807) is 12.1 Å². The first-order valence-corrected chi connectivity index (χ1v) is 4.27. The molecular weight excluding hydrogens is 256 g/mol. The molecular formula is C9H10BrClFN. The van der Waals surface area contributed by atoms with Gasteiger partial charge < -0.3 is 5.73 Å². The maximum absolute atomic E-state index is 13.1. The number of nitrogens with two attached hydrogens (primary N) is 1. The van der Waals surface area contributed by atoms with E-state index in [4.69, 9.17) is 5.73 Å². The molecule has 72 valence electrons. The fourth-order valence-electron chi connectivity index (χ4n) is 0.897. The van der Waals surface area contributed by atoms with E-state index in [1.807, 2.05) is 0 Å². The lowest BCUT2D eigenvalue weighted by Gasteiger charge is -2.07. The molecule has 0 aliphatic rings. The highest BCUT2D eigenvalue weighted by molar-refractivity contribution is 9.10. The standard InChI is InChI=1S/C9H9BrFN.ClH/c1-2-9(12)7-5-6(10)3-4-8(7)11;/h2-5,9H,1,12H2;1H/t9-;/m0./s1. The van der Waals surface area contributed by atoms with Crippen molar-refractivity contribution in [1.29, 1.82) is 0 Å². The average molecular weight is 267 g/mol. The Morgan fingerprint density at radius 1 is 1.54 bits per heavy atom. The number of rotatable bonds is 2. The second kappa shape index (κ2) is 5.37. The lowest BCUT2D eigenvalue weighted by Crippen LogP contribution is -2.08. The Balaban J connectivity index is 0.00000144. The molecule has 0 bridgehead atoms. The van der Waals surface area contributed by atoms with Crippen molar-refractivity contribution in [2.24, 2.45) is 5.73 Å². The molecule has 0 heterocycles. The minimum Gasteiger partial charge on any atom is -0.321 e. The number of hydrogen-bond acceptors (Lipinski definition) is 1. The van der Waals surface area contributed by atoms with Crippen molar-refractivity contribution in [3.05, 3.63) is 46.7 Å². The summed E-state index contributed by atoms with van der Waals surface area (Å²) in [6.45, 7) is 3.50. The van der Waals surface area contributed by atoms with E-state index >= 15 is 0 Å². The minimum atomic E-state index is -0.442. The summed E-state index contributed by atoms with van der Waals surface area (Å²) < 4.78 is 13.9. The summed E-state index contributed by atoms with van der Waals surface area (Å²) in [5.74, 6) is -0.300. The van der Waals surface area contributed by atoms with E-state index in [0.717, 1.165) is 4.47 Å². The first-order chi connectivity index (χ1) is 5.65. The van der Waals surface area contributed by atoms with Crippen LogP contribution in [-0.4, -0.2) is 0 Å². The summed E-state index contributed by atoms with van der Waals surface area (Å²) in [5.41, 5.74) is 6.04. The second-order valence-electron chi connectivity index (χ2n) is 2.43. The zero-order chi connectivity index (χ0) is 9.14. The van der Waals surface area contributed by atoms with Gasteiger partial charge in [0.05, 0.1) is 6.04 Å². The molecule has 0 aliphatic heterocycles. The van der Waals surface area contributed by atoms with Gasteiger partial charge in [-0.05, 0) is 18.2 Å². The maximum atomic E-state index is 13.1. The largest absolute Gasteiger partial charge is 0.321 e. The molecule has 0 saturated heterocycles. The molecule has 1 aromatic rings. The average Bonchev–Trinajstić information content (AvgIpc) is 2.08. The topological polar surface area (TPSA) is 26.0 Å². The fraction of sp³-hybridized carbons (Fsp3) is 0.111. The van der Waals surface area contributed by atoms with Crippen LogP contribution < -0.4 is 5.73 Å². The Morgan fingerprint density at radius 3 is 2.69 bits per heavy atom. The highest BCUT2D eigenvalue weighted by atomic mass is 79.9. The highest BCUT2D eigenvalue weighted by Crippen LogP contribution is 2.20. The summed E-state index contributed by atoms with van der Waals surface area (Å²) in [4.78, 5) is 0. The molecule has 0 radical (unpaired) electrons. The third-order valence-electron chi connectivity index (χ3n) is 1.57. The van der Waals surface area contributed by atoms with Gasteiger partial charge in [-0.2, -0.15) is 0 Å². The molecule has 13 heavy (non-hydrogen) atoms. The van der Waals surface area contributed by atoms with Crippen LogP contribution in [0.5, 0.6) is 0 Å². The van der Waals surface area contributed by atoms with Gasteiger partial charge in [-0.3, -0.25) is 0 Å². The van der Waals surface area contributed by atoms with Crippen LogP contribution in [0.15, 0.2) is 35.3 Å². The summed E-state index contributed by atoms with van der Waals surface area (Å²) in [6.07, 6.45) is 1.50. The molecule has 0 fully saturated rings. The van der Waals surface area contributed by atoms with Gasteiger partial charge >= 0.3 is 0 Å². The van der Waals surface area contributed by atoms with Crippen LogP contribution in [0.1, 0.15) is 11.6 Å². The van der Waals surface area contributed by atoms with Crippen LogP contribution in [0, 0.1) is 5.82 Å². The molecule has 1 rings (SSSR count). The smallest absolute Gasteiger partial charge is 0.128 e. The van der Waals surface area contributed by atoms with Crippen LogP contribution in [0.4, 0.5) is 4.39 Å². The van der Waals surface area contributed by atoms with Crippen LogP contribution in [-0.2, 0) is 0 Å². The third-order valence-corrected chi connectivity index (χ3v) is 2.06. The van der Waals surface area contributed by atoms with Crippen molar-refractivity contribution in [2.75, 3.05) is 0 Å². The van der Waals surface area contributed by atoms with Crippen LogP contribution >= 0.6 is 28.3 Å². The highest BCUT2D eigenvalue weighted by Gasteiger charge is 2.07. The van der Waals surface area contributed by atoms with Gasteiger partial charge in [-0.15, -0.1) is 19.0 Å². The zero-order valence-corrected chi connectivity index (χ0v) is 9.24. The Bertz CT molecular complexity index is 304. The molecule has 4 heteroatoms. The molecule has 0 aliphatic carbocycles. The Labute approximate surface area is 91.4 Å². The van der Waals surface area contributed by atoms with Crippen molar-refractivity contribution in [3.63, 3.8) is 0 Å². The van der Waals surface area contributed by atoms with Crippen molar-refractivity contribution < 1.29 is 4.39 Å². The number of benzene rings is 1. The predicted molar refractivity (Wildman–Crippen MR) is 58.5 cm³/mol. The SMILES string of the molecule is C=C[C@H](N)c1cc(Br)ccc1F.Cl. The lowest BCUT2D eigenvalue weighted by atomic mass is 10.1. The Morgan fingerprint density at radius 2 is 2.15 bits per heavy atom. The van der Waals surface area contributed by atoms with Gasteiger partial charge in [0.2, 0.25) is 0 Å². The summed E-state index contributed by atoms with van der Waals surface area (Å²) in [7, 11) is 0. The van der Waals surface area contributed by atoms with E-state index in [0.29, 0.717) is 5.56 Å². The van der Waals surface area contributed by atoms with Crippen LogP contribution in [0.3, 0.4) is 0 Å². The van der Waals surface area contributed by atoms with Crippen molar-refractivity contribution in [2.45, 2.75) is 6.04 Å². The second-order valence-corrected chi connectivity index (χ2v) is 3.34. The quantitative estimate of drug-likeness (QED) is 0.818. The first kappa shape index (κ1) is 12.6. The molecule has 1 aromatic carbocycles. The molecule has 0 amide bonds. The molecule has 0 spiro atoms. The van der Waals surface area contributed by atoms with Crippen LogP contribution in [0.25, 0.3) is 0 Å². The van der Waals surface area contributed by atoms with Gasteiger partial charge in [-0.25, -0.2) is 4.39 Å².